The number of rotatable bonds is 12. The highest BCUT2D eigenvalue weighted by Crippen LogP contribution is 2.47. The first kappa shape index (κ1) is 44.1. The van der Waals surface area contributed by atoms with Crippen molar-refractivity contribution >= 4 is 83.8 Å². The van der Waals surface area contributed by atoms with E-state index in [0.29, 0.717) is 0 Å². The summed E-state index contributed by atoms with van der Waals surface area (Å²) in [5.41, 5.74) is 17.7. The molecule has 0 bridgehead atoms. The van der Waals surface area contributed by atoms with E-state index in [9.17, 15) is 0 Å². The summed E-state index contributed by atoms with van der Waals surface area (Å²) in [6, 6.07) is 109. The van der Waals surface area contributed by atoms with Gasteiger partial charge in [-0.3, -0.25) is 0 Å². The summed E-state index contributed by atoms with van der Waals surface area (Å²) >= 11 is 0. The fourth-order valence-electron chi connectivity index (χ4n) is 10.8. The normalized spacial score (nSPS) is 11.2. The molecular weight excluding hydrogens is 897 g/mol. The van der Waals surface area contributed by atoms with Crippen molar-refractivity contribution in [1.82, 2.24) is 4.57 Å². The molecule has 0 amide bonds. The van der Waals surface area contributed by atoms with E-state index in [4.69, 9.17) is 0 Å². The third-order valence-corrected chi connectivity index (χ3v) is 14.1. The van der Waals surface area contributed by atoms with Crippen LogP contribution in [0.4, 0.5) is 51.2 Å². The largest absolute Gasteiger partial charge is 0.310 e. The van der Waals surface area contributed by atoms with Gasteiger partial charge in [-0.1, -0.05) is 182 Å². The van der Waals surface area contributed by atoms with Crippen LogP contribution in [0.2, 0.25) is 0 Å². The van der Waals surface area contributed by atoms with Gasteiger partial charge in [0.05, 0.1) is 16.7 Å². The van der Waals surface area contributed by atoms with Crippen LogP contribution in [0.15, 0.2) is 303 Å². The van der Waals surface area contributed by atoms with Crippen LogP contribution in [-0.4, -0.2) is 4.57 Å². The molecule has 1 aromatic heterocycles. The predicted octanol–water partition coefficient (Wildman–Crippen LogP) is 19.7. The van der Waals surface area contributed by atoms with Gasteiger partial charge in [0.1, 0.15) is 0 Å². The zero-order valence-corrected chi connectivity index (χ0v) is 40.7. The van der Waals surface area contributed by atoms with Gasteiger partial charge in [-0.15, -0.1) is 0 Å². The lowest BCUT2D eigenvalue weighted by Crippen LogP contribution is -2.13. The molecule has 0 aliphatic carbocycles. The van der Waals surface area contributed by atoms with Crippen LogP contribution < -0.4 is 14.7 Å². The second-order valence-corrected chi connectivity index (χ2v) is 18.6. The number of benzene rings is 12. The first-order valence-corrected chi connectivity index (χ1v) is 25.3. The first-order valence-electron chi connectivity index (χ1n) is 25.3. The molecule has 0 N–H and O–H groups in total. The highest BCUT2D eigenvalue weighted by atomic mass is 15.2. The van der Waals surface area contributed by atoms with Gasteiger partial charge in [-0.2, -0.15) is 0 Å². The molecule has 13 aromatic rings. The number of hydrogen-bond donors (Lipinski definition) is 0. The standard InChI is InChI=1S/C70H50N4/c1-7-23-51(24-8-1)52-41-43-59(44-42-52)73(60-45-46-70-67(50-60)66-35-19-20-39-69(66)74(70)58-33-17-6-18-34-58)68-40-22-37-64-63(36-21-38-65(64)68)53-47-61(71(54-25-9-2-10-26-54)55-27-11-3-12-28-55)49-62(48-53)72(56-29-13-4-14-30-56)57-31-15-5-16-32-57/h1-50H. The molecule has 1 heterocycles. The maximum absolute atomic E-state index is 2.44. The summed E-state index contributed by atoms with van der Waals surface area (Å²) in [4.78, 5) is 7.17. The van der Waals surface area contributed by atoms with Gasteiger partial charge >= 0.3 is 0 Å². The maximum atomic E-state index is 2.44. The number of hydrogen-bond acceptors (Lipinski definition) is 3. The molecule has 4 nitrogen and oxygen atoms in total. The smallest absolute Gasteiger partial charge is 0.0542 e. The number of aromatic nitrogens is 1. The van der Waals surface area contributed by atoms with Gasteiger partial charge in [-0.05, 0) is 149 Å². The van der Waals surface area contributed by atoms with Crippen molar-refractivity contribution in [2.45, 2.75) is 0 Å². The zero-order valence-electron chi connectivity index (χ0n) is 40.7. The van der Waals surface area contributed by atoms with Crippen molar-refractivity contribution in [2.75, 3.05) is 14.7 Å². The van der Waals surface area contributed by atoms with Crippen molar-refractivity contribution in [3.63, 3.8) is 0 Å². The molecule has 0 aliphatic heterocycles. The summed E-state index contributed by atoms with van der Waals surface area (Å²) in [6.07, 6.45) is 0. The molecule has 0 fully saturated rings. The Morgan fingerprint density at radius 3 is 1.23 bits per heavy atom. The second kappa shape index (κ2) is 19.4. The molecule has 13 rings (SSSR count). The van der Waals surface area contributed by atoms with Gasteiger partial charge < -0.3 is 19.3 Å². The molecule has 4 heteroatoms. The van der Waals surface area contributed by atoms with Gasteiger partial charge in [0, 0.05) is 67.3 Å². The monoisotopic (exact) mass is 946 g/mol. The summed E-state index contributed by atoms with van der Waals surface area (Å²) in [6.45, 7) is 0. The Kier molecular flexibility index (Phi) is 11.5. The molecule has 74 heavy (non-hydrogen) atoms. The first-order chi connectivity index (χ1) is 36.7. The van der Waals surface area contributed by atoms with Crippen LogP contribution in [0.25, 0.3) is 60.5 Å². The average Bonchev–Trinajstić information content (AvgIpc) is 3.84. The molecular formula is C70H50N4. The van der Waals surface area contributed by atoms with Crippen molar-refractivity contribution in [3.05, 3.63) is 303 Å². The Morgan fingerprint density at radius 1 is 0.216 bits per heavy atom. The van der Waals surface area contributed by atoms with E-state index in [-0.39, 0.29) is 0 Å². The number of nitrogens with zero attached hydrogens (tertiary/aromatic N) is 4. The van der Waals surface area contributed by atoms with E-state index in [1.165, 1.54) is 27.4 Å². The Balaban J connectivity index is 1.03. The fourth-order valence-corrected chi connectivity index (χ4v) is 10.8. The maximum Gasteiger partial charge on any atom is 0.0542 e. The summed E-state index contributed by atoms with van der Waals surface area (Å²) in [7, 11) is 0. The van der Waals surface area contributed by atoms with Crippen LogP contribution in [0, 0.1) is 0 Å². The average molecular weight is 947 g/mol. The summed E-state index contributed by atoms with van der Waals surface area (Å²) in [5, 5.41) is 4.70. The molecule has 0 saturated heterocycles. The van der Waals surface area contributed by atoms with E-state index in [1.807, 2.05) is 0 Å². The molecule has 0 aliphatic rings. The minimum absolute atomic E-state index is 1.04. The zero-order chi connectivity index (χ0) is 49.2. The fraction of sp³-hybridized carbons (Fsp3) is 0. The van der Waals surface area contributed by atoms with E-state index in [1.54, 1.807) is 0 Å². The Bertz CT molecular complexity index is 3870. The molecule has 350 valence electrons. The molecule has 12 aromatic carbocycles. The Labute approximate surface area is 432 Å². The van der Waals surface area contributed by atoms with Crippen LogP contribution in [0.5, 0.6) is 0 Å². The second-order valence-electron chi connectivity index (χ2n) is 18.6. The van der Waals surface area contributed by atoms with Crippen LogP contribution in [0.1, 0.15) is 0 Å². The highest BCUT2D eigenvalue weighted by Gasteiger charge is 2.23. The molecule has 0 spiro atoms. The van der Waals surface area contributed by atoms with Crippen molar-refractivity contribution in [2.24, 2.45) is 0 Å². The number of anilines is 9. The molecule has 0 saturated carbocycles. The number of fused-ring (bicyclic) bond motifs is 4. The van der Waals surface area contributed by atoms with Crippen LogP contribution in [0.3, 0.4) is 0 Å². The van der Waals surface area contributed by atoms with Gasteiger partial charge in [0.2, 0.25) is 0 Å². The lowest BCUT2D eigenvalue weighted by molar-refractivity contribution is 1.18. The lowest BCUT2D eigenvalue weighted by atomic mass is 9.95. The Hall–Kier alpha value is -9.90. The predicted molar refractivity (Wildman–Crippen MR) is 313 cm³/mol. The van der Waals surface area contributed by atoms with Gasteiger partial charge in [0.25, 0.3) is 0 Å². The van der Waals surface area contributed by atoms with Crippen molar-refractivity contribution in [3.8, 4) is 27.9 Å². The minimum atomic E-state index is 1.04. The summed E-state index contributed by atoms with van der Waals surface area (Å²) < 4.78 is 2.38. The topological polar surface area (TPSA) is 14.7 Å². The van der Waals surface area contributed by atoms with Crippen LogP contribution in [-0.2, 0) is 0 Å². The number of para-hydroxylation sites is 6. The van der Waals surface area contributed by atoms with Gasteiger partial charge in [0.15, 0.2) is 0 Å². The highest BCUT2D eigenvalue weighted by molar-refractivity contribution is 6.12. The van der Waals surface area contributed by atoms with Gasteiger partial charge in [-0.25, -0.2) is 0 Å². The van der Waals surface area contributed by atoms with Crippen molar-refractivity contribution in [1.29, 1.82) is 0 Å². The Morgan fingerprint density at radius 2 is 0.649 bits per heavy atom. The molecule has 0 radical (unpaired) electrons. The quantitative estimate of drug-likeness (QED) is 0.121. The van der Waals surface area contributed by atoms with E-state index in [2.05, 4.69) is 323 Å². The third kappa shape index (κ3) is 8.20. The van der Waals surface area contributed by atoms with Crippen LogP contribution >= 0.6 is 0 Å². The van der Waals surface area contributed by atoms with E-state index < -0.39 is 0 Å². The SMILES string of the molecule is c1ccc(-c2ccc(N(c3ccc4c(c3)c3ccccc3n4-c3ccccc3)c3cccc4c(-c5cc(N(c6ccccc6)c6ccccc6)cc(N(c6ccccc6)c6ccccc6)c5)cccc34)cc2)cc1. The van der Waals surface area contributed by atoms with E-state index in [0.717, 1.165) is 84.3 Å². The van der Waals surface area contributed by atoms with Crippen molar-refractivity contribution < 1.29 is 0 Å². The molecule has 0 atom stereocenters. The van der Waals surface area contributed by atoms with E-state index >= 15 is 0 Å². The lowest BCUT2D eigenvalue weighted by Gasteiger charge is -2.30. The summed E-state index contributed by atoms with van der Waals surface area (Å²) in [5.74, 6) is 0. The minimum Gasteiger partial charge on any atom is -0.310 e. The molecule has 0 unspecified atom stereocenters. The third-order valence-electron chi connectivity index (χ3n) is 14.1.